The van der Waals surface area contributed by atoms with Crippen LogP contribution in [0.15, 0.2) is 176 Å². The van der Waals surface area contributed by atoms with Crippen LogP contribution in [-0.2, 0) is 0 Å². The molecule has 216 valence electrons. The summed E-state index contributed by atoms with van der Waals surface area (Å²) in [5, 5.41) is 7.76. The molecule has 9 aromatic rings. The third kappa shape index (κ3) is 4.54. The van der Waals surface area contributed by atoms with Gasteiger partial charge in [-0.2, -0.15) is 0 Å². The second kappa shape index (κ2) is 11.0. The van der Waals surface area contributed by atoms with Gasteiger partial charge in [-0.25, -0.2) is 0 Å². The lowest BCUT2D eigenvalue weighted by molar-refractivity contribution is 1.29. The Kier molecular flexibility index (Phi) is 6.40. The Bertz CT molecular complexity index is 2520. The molecule has 0 aliphatic heterocycles. The average Bonchev–Trinajstić information content (AvgIpc) is 3.51. The fourth-order valence-corrected chi connectivity index (χ4v) is 8.07. The zero-order chi connectivity index (χ0) is 30.5. The molecule has 0 radical (unpaired) electrons. The van der Waals surface area contributed by atoms with Gasteiger partial charge in [0.1, 0.15) is 0 Å². The summed E-state index contributed by atoms with van der Waals surface area (Å²) >= 11 is 1.89. The van der Waals surface area contributed by atoms with E-state index in [2.05, 4.69) is 181 Å². The highest BCUT2D eigenvalue weighted by Crippen LogP contribution is 2.43. The second-order valence-corrected chi connectivity index (χ2v) is 12.8. The summed E-state index contributed by atoms with van der Waals surface area (Å²) in [6, 6.07) is 63.9. The van der Waals surface area contributed by atoms with E-state index < -0.39 is 0 Å². The molecule has 0 aliphatic rings. The van der Waals surface area contributed by atoms with Crippen molar-refractivity contribution >= 4 is 70.1 Å². The van der Waals surface area contributed by atoms with E-state index in [4.69, 9.17) is 0 Å². The van der Waals surface area contributed by atoms with E-state index in [1.807, 2.05) is 11.3 Å². The van der Waals surface area contributed by atoms with E-state index in [9.17, 15) is 0 Å². The van der Waals surface area contributed by atoms with E-state index in [1.54, 1.807) is 0 Å². The van der Waals surface area contributed by atoms with Crippen LogP contribution in [0.3, 0.4) is 0 Å². The second-order valence-electron chi connectivity index (χ2n) is 11.8. The molecule has 0 saturated heterocycles. The van der Waals surface area contributed by atoms with Crippen LogP contribution in [0.5, 0.6) is 0 Å². The Morgan fingerprint density at radius 3 is 1.83 bits per heavy atom. The van der Waals surface area contributed by atoms with E-state index in [-0.39, 0.29) is 0 Å². The zero-order valence-electron chi connectivity index (χ0n) is 25.1. The van der Waals surface area contributed by atoms with Gasteiger partial charge in [0.2, 0.25) is 0 Å². The molecule has 8 aromatic carbocycles. The molecule has 0 N–H and O–H groups in total. The van der Waals surface area contributed by atoms with Crippen LogP contribution in [0.1, 0.15) is 0 Å². The van der Waals surface area contributed by atoms with Gasteiger partial charge in [0, 0.05) is 37.2 Å². The number of fused-ring (bicyclic) bond motifs is 6. The van der Waals surface area contributed by atoms with Crippen molar-refractivity contribution in [1.82, 2.24) is 0 Å². The lowest BCUT2D eigenvalue weighted by Gasteiger charge is -2.26. The Morgan fingerprint density at radius 1 is 0.348 bits per heavy atom. The summed E-state index contributed by atoms with van der Waals surface area (Å²) in [4.78, 5) is 2.39. The lowest BCUT2D eigenvalue weighted by atomic mass is 9.98. The van der Waals surface area contributed by atoms with Crippen molar-refractivity contribution < 1.29 is 0 Å². The molecule has 0 spiro atoms. The lowest BCUT2D eigenvalue weighted by Crippen LogP contribution is -2.09. The average molecular weight is 604 g/mol. The molecule has 46 heavy (non-hydrogen) atoms. The summed E-state index contributed by atoms with van der Waals surface area (Å²) in [6.07, 6.45) is 0. The van der Waals surface area contributed by atoms with Crippen LogP contribution >= 0.6 is 11.3 Å². The number of hydrogen-bond donors (Lipinski definition) is 0. The number of thiophene rings is 1. The third-order valence-electron chi connectivity index (χ3n) is 9.04. The molecule has 1 heterocycles. The largest absolute Gasteiger partial charge is 0.310 e. The van der Waals surface area contributed by atoms with Gasteiger partial charge in [-0.15, -0.1) is 11.3 Å². The van der Waals surface area contributed by atoms with Crippen molar-refractivity contribution in [3.63, 3.8) is 0 Å². The van der Waals surface area contributed by atoms with Gasteiger partial charge in [0.05, 0.1) is 0 Å². The van der Waals surface area contributed by atoms with Gasteiger partial charge in [0.15, 0.2) is 0 Å². The monoisotopic (exact) mass is 603 g/mol. The van der Waals surface area contributed by atoms with Crippen LogP contribution in [0.2, 0.25) is 0 Å². The highest BCUT2D eigenvalue weighted by Gasteiger charge is 2.17. The van der Waals surface area contributed by atoms with Crippen molar-refractivity contribution in [2.45, 2.75) is 0 Å². The van der Waals surface area contributed by atoms with Crippen LogP contribution in [0, 0.1) is 0 Å². The Morgan fingerprint density at radius 2 is 0.978 bits per heavy atom. The van der Waals surface area contributed by atoms with Crippen molar-refractivity contribution in [2.75, 3.05) is 4.90 Å². The maximum Gasteiger partial charge on any atom is 0.0476 e. The Balaban J connectivity index is 1.21. The van der Waals surface area contributed by atoms with E-state index in [1.165, 1.54) is 64.0 Å². The topological polar surface area (TPSA) is 3.24 Å². The van der Waals surface area contributed by atoms with Crippen LogP contribution in [-0.4, -0.2) is 0 Å². The highest BCUT2D eigenvalue weighted by molar-refractivity contribution is 7.26. The number of benzene rings is 8. The minimum Gasteiger partial charge on any atom is -0.310 e. The molecule has 0 unspecified atom stereocenters. The predicted octanol–water partition coefficient (Wildman–Crippen LogP) is 13.2. The van der Waals surface area contributed by atoms with E-state index in [0.717, 1.165) is 17.1 Å². The standard InChI is InChI=1S/C44H29NS/c1-2-10-30(11-3-1)34-15-8-16-36(28-34)45(35-23-20-33(21-24-35)39-19-9-14-31-12-4-6-17-38(31)39)37-25-27-41-42-26-22-32-13-5-7-18-40(32)44(42)46-43(41)29-37/h1-29H. The first-order chi connectivity index (χ1) is 22.8. The Labute approximate surface area is 272 Å². The maximum absolute atomic E-state index is 2.39. The SMILES string of the molecule is c1ccc(-c2cccc(N(c3ccc(-c4cccc5ccccc45)cc3)c3ccc4c(c3)sc3c5ccccc5ccc43)c2)cc1. The molecule has 2 heteroatoms. The molecule has 0 aliphatic carbocycles. The van der Waals surface area contributed by atoms with Crippen LogP contribution in [0.4, 0.5) is 17.1 Å². The molecule has 1 aromatic heterocycles. The van der Waals surface area contributed by atoms with Gasteiger partial charge < -0.3 is 4.90 Å². The molecule has 0 amide bonds. The molecule has 9 rings (SSSR count). The minimum atomic E-state index is 1.13. The number of rotatable bonds is 5. The van der Waals surface area contributed by atoms with Gasteiger partial charge in [-0.1, -0.05) is 140 Å². The minimum absolute atomic E-state index is 1.13. The molecular weight excluding hydrogens is 575 g/mol. The zero-order valence-corrected chi connectivity index (χ0v) is 25.9. The number of anilines is 3. The van der Waals surface area contributed by atoms with Gasteiger partial charge in [-0.05, 0) is 80.2 Å². The van der Waals surface area contributed by atoms with Gasteiger partial charge in [-0.3, -0.25) is 0 Å². The molecule has 1 nitrogen and oxygen atoms in total. The van der Waals surface area contributed by atoms with Crippen molar-refractivity contribution in [1.29, 1.82) is 0 Å². The van der Waals surface area contributed by atoms with E-state index in [0.29, 0.717) is 0 Å². The van der Waals surface area contributed by atoms with Crippen LogP contribution < -0.4 is 4.90 Å². The molecule has 0 bridgehead atoms. The van der Waals surface area contributed by atoms with Crippen LogP contribution in [0.25, 0.3) is 64.0 Å². The quantitative estimate of drug-likeness (QED) is 0.189. The maximum atomic E-state index is 2.39. The smallest absolute Gasteiger partial charge is 0.0476 e. The summed E-state index contributed by atoms with van der Waals surface area (Å²) in [5.41, 5.74) is 8.27. The predicted molar refractivity (Wildman–Crippen MR) is 200 cm³/mol. The molecular formula is C44H29NS. The van der Waals surface area contributed by atoms with Gasteiger partial charge in [0.25, 0.3) is 0 Å². The molecule has 0 saturated carbocycles. The van der Waals surface area contributed by atoms with E-state index >= 15 is 0 Å². The first-order valence-corrected chi connectivity index (χ1v) is 16.5. The fourth-order valence-electron chi connectivity index (χ4n) is 6.80. The summed E-state index contributed by atoms with van der Waals surface area (Å²) in [6.45, 7) is 0. The Hall–Kier alpha value is -5.70. The fraction of sp³-hybridized carbons (Fsp3) is 0. The normalized spacial score (nSPS) is 11.5. The number of nitrogens with zero attached hydrogens (tertiary/aromatic N) is 1. The first-order valence-electron chi connectivity index (χ1n) is 15.7. The summed E-state index contributed by atoms with van der Waals surface area (Å²) in [5.74, 6) is 0. The summed E-state index contributed by atoms with van der Waals surface area (Å²) < 4.78 is 2.64. The molecule has 0 fully saturated rings. The van der Waals surface area contributed by atoms with Gasteiger partial charge >= 0.3 is 0 Å². The van der Waals surface area contributed by atoms with Crippen molar-refractivity contribution in [2.24, 2.45) is 0 Å². The van der Waals surface area contributed by atoms with Crippen molar-refractivity contribution in [3.8, 4) is 22.3 Å². The number of hydrogen-bond acceptors (Lipinski definition) is 2. The third-order valence-corrected chi connectivity index (χ3v) is 10.2. The first kappa shape index (κ1) is 26.7. The molecule has 0 atom stereocenters. The summed E-state index contributed by atoms with van der Waals surface area (Å²) in [7, 11) is 0. The van der Waals surface area contributed by atoms with Crippen molar-refractivity contribution in [3.05, 3.63) is 176 Å². The highest BCUT2D eigenvalue weighted by atomic mass is 32.1.